The lowest BCUT2D eigenvalue weighted by Gasteiger charge is -2.25. The second kappa shape index (κ2) is 12.8. The summed E-state index contributed by atoms with van der Waals surface area (Å²) in [6, 6.07) is 16.5. The third kappa shape index (κ3) is 7.17. The molecule has 214 valence electrons. The van der Waals surface area contributed by atoms with Gasteiger partial charge >= 0.3 is 0 Å². The highest BCUT2D eigenvalue weighted by atomic mass is 16.5. The van der Waals surface area contributed by atoms with Crippen LogP contribution in [0.15, 0.2) is 67.0 Å². The van der Waals surface area contributed by atoms with Crippen molar-refractivity contribution < 1.29 is 14.3 Å². The predicted molar refractivity (Wildman–Crippen MR) is 154 cm³/mol. The molecule has 0 aliphatic carbocycles. The number of nitrogens with one attached hydrogen (secondary N) is 2. The summed E-state index contributed by atoms with van der Waals surface area (Å²) in [4.78, 5) is 33.3. The Bertz CT molecular complexity index is 1480. The van der Waals surface area contributed by atoms with E-state index >= 15 is 0 Å². The Hall–Kier alpha value is -4.51. The third-order valence-electron chi connectivity index (χ3n) is 6.91. The first-order valence-corrected chi connectivity index (χ1v) is 13.9. The molecule has 0 saturated heterocycles. The zero-order valence-electron chi connectivity index (χ0n) is 23.7. The van der Waals surface area contributed by atoms with Gasteiger partial charge in [-0.05, 0) is 24.1 Å². The number of fused-ring (bicyclic) bond motifs is 3. The topological polar surface area (TPSA) is 119 Å². The van der Waals surface area contributed by atoms with Crippen molar-refractivity contribution in [1.29, 1.82) is 0 Å². The van der Waals surface area contributed by atoms with Gasteiger partial charge in [-0.15, -0.1) is 0 Å². The predicted octanol–water partition coefficient (Wildman–Crippen LogP) is 2.82. The van der Waals surface area contributed by atoms with Gasteiger partial charge in [0.05, 0.1) is 25.3 Å². The van der Waals surface area contributed by atoms with E-state index in [1.54, 1.807) is 29.1 Å². The first kappa shape index (κ1) is 28.0. The van der Waals surface area contributed by atoms with Gasteiger partial charge in [-0.1, -0.05) is 50.2 Å². The van der Waals surface area contributed by atoms with Crippen molar-refractivity contribution in [3.8, 4) is 17.1 Å². The highest BCUT2D eigenvalue weighted by Gasteiger charge is 2.27. The quantitative estimate of drug-likeness (QED) is 0.397. The largest absolute Gasteiger partial charge is 0.492 e. The molecule has 2 bridgehead atoms. The Balaban J connectivity index is 1.47. The van der Waals surface area contributed by atoms with Crippen LogP contribution in [0, 0.1) is 5.92 Å². The monoisotopic (exact) mass is 556 g/mol. The molecule has 2 aromatic heterocycles. The summed E-state index contributed by atoms with van der Waals surface area (Å²) >= 11 is 0. The molecule has 5 rings (SSSR count). The Morgan fingerprint density at radius 1 is 1.05 bits per heavy atom. The highest BCUT2D eigenvalue weighted by Crippen LogP contribution is 2.24. The van der Waals surface area contributed by atoms with Crippen LogP contribution in [0.4, 0.5) is 0 Å². The number of aromatic nitrogens is 5. The van der Waals surface area contributed by atoms with Crippen molar-refractivity contribution >= 4 is 11.8 Å². The van der Waals surface area contributed by atoms with Gasteiger partial charge in [0.25, 0.3) is 5.91 Å². The van der Waals surface area contributed by atoms with E-state index in [0.29, 0.717) is 55.7 Å². The maximum atomic E-state index is 13.5. The molecular weight excluding hydrogens is 520 g/mol. The fourth-order valence-corrected chi connectivity index (χ4v) is 4.84. The van der Waals surface area contributed by atoms with E-state index in [9.17, 15) is 9.59 Å². The van der Waals surface area contributed by atoms with Gasteiger partial charge < -0.3 is 15.4 Å². The number of carbonyl (C=O) groups is 2. The zero-order chi connectivity index (χ0) is 28.8. The number of hydrogen-bond acceptors (Lipinski definition) is 7. The number of ether oxygens (including phenoxy) is 1. The first-order valence-electron chi connectivity index (χ1n) is 13.9. The molecule has 2 N–H and O–H groups in total. The van der Waals surface area contributed by atoms with Crippen LogP contribution in [0.25, 0.3) is 11.4 Å². The fourth-order valence-electron chi connectivity index (χ4n) is 4.84. The van der Waals surface area contributed by atoms with Crippen molar-refractivity contribution in [3.63, 3.8) is 0 Å². The van der Waals surface area contributed by atoms with Gasteiger partial charge in [-0.2, -0.15) is 10.2 Å². The van der Waals surface area contributed by atoms with E-state index in [4.69, 9.17) is 14.8 Å². The van der Waals surface area contributed by atoms with E-state index in [0.717, 1.165) is 11.1 Å². The molecule has 1 aliphatic heterocycles. The summed E-state index contributed by atoms with van der Waals surface area (Å²) in [5.41, 5.74) is 2.39. The van der Waals surface area contributed by atoms with Crippen LogP contribution < -0.4 is 15.4 Å². The van der Waals surface area contributed by atoms with Gasteiger partial charge in [-0.25, -0.2) is 9.67 Å². The van der Waals surface area contributed by atoms with E-state index < -0.39 is 0 Å². The van der Waals surface area contributed by atoms with Crippen LogP contribution in [0.2, 0.25) is 0 Å². The van der Waals surface area contributed by atoms with E-state index in [1.807, 2.05) is 59.2 Å². The Labute approximate surface area is 239 Å². The number of rotatable bonds is 4. The molecule has 3 heterocycles. The molecule has 11 heteroatoms. The second-order valence-corrected chi connectivity index (χ2v) is 10.5. The normalized spacial score (nSPS) is 17.3. The van der Waals surface area contributed by atoms with Crippen molar-refractivity contribution in [1.82, 2.24) is 40.1 Å². The smallest absolute Gasteiger partial charge is 0.251 e. The van der Waals surface area contributed by atoms with E-state index in [1.165, 1.54) is 0 Å². The molecule has 0 fully saturated rings. The molecule has 1 aliphatic rings. The Morgan fingerprint density at radius 3 is 2.61 bits per heavy atom. The van der Waals surface area contributed by atoms with Crippen LogP contribution in [0.1, 0.15) is 41.6 Å². The van der Waals surface area contributed by atoms with Crippen molar-refractivity contribution in [2.45, 2.75) is 33.0 Å². The second-order valence-electron chi connectivity index (χ2n) is 10.5. The van der Waals surface area contributed by atoms with Crippen molar-refractivity contribution in [3.05, 3.63) is 83.9 Å². The summed E-state index contributed by atoms with van der Waals surface area (Å²) < 4.78 is 9.57. The minimum Gasteiger partial charge on any atom is -0.492 e. The first-order chi connectivity index (χ1) is 19.9. The van der Waals surface area contributed by atoms with Crippen LogP contribution in [-0.2, 0) is 24.9 Å². The number of hydrogen-bond donors (Lipinski definition) is 2. The number of benzene rings is 2. The Morgan fingerprint density at radius 2 is 1.85 bits per heavy atom. The molecule has 0 spiro atoms. The summed E-state index contributed by atoms with van der Waals surface area (Å²) in [6.45, 7) is 6.35. The Kier molecular flexibility index (Phi) is 8.73. The van der Waals surface area contributed by atoms with Gasteiger partial charge in [0.15, 0.2) is 11.6 Å². The van der Waals surface area contributed by atoms with Gasteiger partial charge in [-0.3, -0.25) is 19.2 Å². The average molecular weight is 557 g/mol. The summed E-state index contributed by atoms with van der Waals surface area (Å²) in [7, 11) is 1.86. The molecule has 4 aromatic rings. The van der Waals surface area contributed by atoms with E-state index in [-0.39, 0.29) is 30.3 Å². The molecule has 0 unspecified atom stereocenters. The third-order valence-corrected chi connectivity index (χ3v) is 6.91. The summed E-state index contributed by atoms with van der Waals surface area (Å²) in [6.07, 6.45) is 3.71. The van der Waals surface area contributed by atoms with Gasteiger partial charge in [0.1, 0.15) is 12.4 Å². The lowest BCUT2D eigenvalue weighted by Crippen LogP contribution is -2.43. The lowest BCUT2D eigenvalue weighted by atomic mass is 10.0. The van der Waals surface area contributed by atoms with Crippen LogP contribution in [0.5, 0.6) is 5.75 Å². The SMILES string of the molecule is CC(C)[C@@H]1NC(=O)CN(Cc2cnn(C)c2)CCNC(=O)c2cccc(c2)OCCn2nc(-c3ccccc3)nc21. The molecule has 2 aromatic carbocycles. The fraction of sp³-hybridized carbons (Fsp3) is 0.367. The molecule has 11 nitrogen and oxygen atoms in total. The van der Waals surface area contributed by atoms with Crippen LogP contribution in [0.3, 0.4) is 0 Å². The average Bonchev–Trinajstić information content (AvgIpc) is 3.57. The molecule has 1 atom stereocenters. The molecule has 41 heavy (non-hydrogen) atoms. The number of carbonyl (C=O) groups excluding carboxylic acids is 2. The van der Waals surface area contributed by atoms with Gasteiger partial charge in [0.2, 0.25) is 5.91 Å². The molecular formula is C30H36N8O3. The molecule has 0 radical (unpaired) electrons. The van der Waals surface area contributed by atoms with Crippen molar-refractivity contribution in [2.24, 2.45) is 13.0 Å². The number of amides is 2. The van der Waals surface area contributed by atoms with Crippen molar-refractivity contribution in [2.75, 3.05) is 26.2 Å². The minimum absolute atomic E-state index is 0.0521. The lowest BCUT2D eigenvalue weighted by molar-refractivity contribution is -0.123. The van der Waals surface area contributed by atoms with Gasteiger partial charge in [0, 0.05) is 49.6 Å². The standard InChI is InChI=1S/C30H36N8O3/c1-21(2)27-29-34-28(23-8-5-4-6-9-23)35-38(29)14-15-41-25-11-7-10-24(16-25)30(40)31-12-13-37(20-26(39)33-27)19-22-17-32-36(3)18-22/h4-11,16-18,21,27H,12-15,19-20H2,1-3H3,(H,31,40)(H,33,39)/t27-/m0/s1. The van der Waals surface area contributed by atoms with Crippen LogP contribution >= 0.6 is 0 Å². The van der Waals surface area contributed by atoms with Crippen LogP contribution in [-0.4, -0.2) is 67.5 Å². The number of aryl methyl sites for hydroxylation is 1. The van der Waals surface area contributed by atoms with E-state index in [2.05, 4.69) is 29.6 Å². The molecule has 2 amide bonds. The maximum Gasteiger partial charge on any atom is 0.251 e. The highest BCUT2D eigenvalue weighted by molar-refractivity contribution is 5.94. The number of nitrogens with zero attached hydrogens (tertiary/aromatic N) is 6. The molecule has 0 saturated carbocycles. The summed E-state index contributed by atoms with van der Waals surface area (Å²) in [5, 5.41) is 15.2. The summed E-state index contributed by atoms with van der Waals surface area (Å²) in [5.74, 6) is 1.57. The minimum atomic E-state index is -0.369. The maximum absolute atomic E-state index is 13.5. The zero-order valence-corrected chi connectivity index (χ0v) is 23.7.